The van der Waals surface area contributed by atoms with Crippen molar-refractivity contribution >= 4 is 5.97 Å². The van der Waals surface area contributed by atoms with Crippen LogP contribution in [0, 0.1) is 39.8 Å². The molecule has 0 aliphatic heterocycles. The zero-order valence-electron chi connectivity index (χ0n) is 18.5. The first-order valence-corrected chi connectivity index (χ1v) is 11.9. The number of hydrogen-bond acceptors (Lipinski definition) is 2. The molecule has 0 aromatic heterocycles. The highest BCUT2D eigenvalue weighted by Crippen LogP contribution is 2.72. The summed E-state index contributed by atoms with van der Waals surface area (Å²) in [4.78, 5) is 13.4. The van der Waals surface area contributed by atoms with Crippen molar-refractivity contribution in [2.45, 2.75) is 78.2 Å². The van der Waals surface area contributed by atoms with Crippen LogP contribution in [0.5, 0.6) is 0 Å². The second-order valence-corrected chi connectivity index (χ2v) is 11.3. The molecule has 1 aromatic carbocycles. The molecule has 0 unspecified atom stereocenters. The van der Waals surface area contributed by atoms with Gasteiger partial charge in [0, 0.05) is 0 Å². The third-order valence-corrected chi connectivity index (χ3v) is 9.81. The maximum atomic E-state index is 13.4. The molecule has 4 aliphatic rings. The van der Waals surface area contributed by atoms with Gasteiger partial charge < -0.3 is 4.74 Å². The fourth-order valence-electron chi connectivity index (χ4n) is 8.49. The lowest BCUT2D eigenvalue weighted by Crippen LogP contribution is -2.58. The summed E-state index contributed by atoms with van der Waals surface area (Å²) in [6, 6.07) is 6.25. The predicted molar refractivity (Wildman–Crippen MR) is 116 cm³/mol. The van der Waals surface area contributed by atoms with E-state index >= 15 is 0 Å². The van der Waals surface area contributed by atoms with Gasteiger partial charge >= 0.3 is 5.97 Å². The Bertz CT molecular complexity index is 860. The van der Waals surface area contributed by atoms with Crippen LogP contribution in [0.1, 0.15) is 77.2 Å². The van der Waals surface area contributed by atoms with Crippen molar-refractivity contribution in [1.29, 1.82) is 0 Å². The maximum Gasteiger partial charge on any atom is 0.312 e. The standard InChI is InChI=1S/C27H35FO2/c1-18-15-27-14-11-22-25(2,23(27)10-7-20(18)16-27)12-4-13-26(22,3)24(29)30-17-19-5-8-21(28)9-6-19/h5-6,8-9,20,22-23H,1,4,7,10-17H2,2-3H3/t20-,22+,23+,25-,26-,27-/m1/s1. The van der Waals surface area contributed by atoms with E-state index in [1.807, 2.05) is 0 Å². The Morgan fingerprint density at radius 3 is 2.63 bits per heavy atom. The molecule has 3 heteroatoms. The molecule has 30 heavy (non-hydrogen) atoms. The smallest absolute Gasteiger partial charge is 0.312 e. The number of carbonyl (C=O) groups is 1. The van der Waals surface area contributed by atoms with Gasteiger partial charge in [-0.2, -0.15) is 0 Å². The van der Waals surface area contributed by atoms with Crippen molar-refractivity contribution in [1.82, 2.24) is 0 Å². The Kier molecular flexibility index (Phi) is 4.69. The van der Waals surface area contributed by atoms with Crippen LogP contribution in [0.2, 0.25) is 0 Å². The van der Waals surface area contributed by atoms with Gasteiger partial charge in [-0.1, -0.05) is 37.6 Å². The van der Waals surface area contributed by atoms with Gasteiger partial charge in [-0.3, -0.25) is 4.79 Å². The molecule has 0 heterocycles. The van der Waals surface area contributed by atoms with Gasteiger partial charge in [0.1, 0.15) is 12.4 Å². The first kappa shape index (κ1) is 20.3. The van der Waals surface area contributed by atoms with Crippen molar-refractivity contribution in [3.05, 3.63) is 47.8 Å². The molecular formula is C27H35FO2. The summed E-state index contributed by atoms with van der Waals surface area (Å²) in [5.74, 6) is 1.53. The maximum absolute atomic E-state index is 13.4. The predicted octanol–water partition coefficient (Wildman–Crippen LogP) is 6.84. The van der Waals surface area contributed by atoms with Crippen molar-refractivity contribution in [2.75, 3.05) is 0 Å². The molecule has 2 bridgehead atoms. The van der Waals surface area contributed by atoms with E-state index in [4.69, 9.17) is 4.74 Å². The molecule has 1 spiro atoms. The topological polar surface area (TPSA) is 26.3 Å². The van der Waals surface area contributed by atoms with Crippen LogP contribution in [0.15, 0.2) is 36.4 Å². The van der Waals surface area contributed by atoms with Crippen molar-refractivity contribution in [2.24, 2.45) is 34.0 Å². The minimum atomic E-state index is -0.416. The number of esters is 1. The number of ether oxygens (including phenoxy) is 1. The van der Waals surface area contributed by atoms with E-state index in [-0.39, 0.29) is 23.8 Å². The van der Waals surface area contributed by atoms with Gasteiger partial charge in [-0.05, 0) is 105 Å². The van der Waals surface area contributed by atoms with Gasteiger partial charge in [0.15, 0.2) is 0 Å². The van der Waals surface area contributed by atoms with Crippen LogP contribution in [-0.2, 0) is 16.1 Å². The number of halogens is 1. The number of carbonyl (C=O) groups excluding carboxylic acids is 1. The van der Waals surface area contributed by atoms with Crippen molar-refractivity contribution < 1.29 is 13.9 Å². The molecule has 0 saturated heterocycles. The van der Waals surface area contributed by atoms with Crippen molar-refractivity contribution in [3.8, 4) is 0 Å². The van der Waals surface area contributed by atoms with Crippen LogP contribution in [0.3, 0.4) is 0 Å². The van der Waals surface area contributed by atoms with Crippen LogP contribution in [0.25, 0.3) is 0 Å². The van der Waals surface area contributed by atoms with Gasteiger partial charge in [0.2, 0.25) is 0 Å². The molecule has 0 amide bonds. The summed E-state index contributed by atoms with van der Waals surface area (Å²) in [7, 11) is 0. The van der Waals surface area contributed by atoms with E-state index in [1.165, 1.54) is 56.2 Å². The number of rotatable bonds is 3. The highest BCUT2D eigenvalue weighted by molar-refractivity contribution is 5.77. The molecule has 0 N–H and O–H groups in total. The van der Waals surface area contributed by atoms with Gasteiger partial charge in [-0.15, -0.1) is 0 Å². The van der Waals surface area contributed by atoms with E-state index in [0.717, 1.165) is 30.7 Å². The van der Waals surface area contributed by atoms with E-state index in [9.17, 15) is 9.18 Å². The summed E-state index contributed by atoms with van der Waals surface area (Å²) >= 11 is 0. The van der Waals surface area contributed by atoms with E-state index in [0.29, 0.717) is 17.3 Å². The zero-order chi connectivity index (χ0) is 21.1. The third kappa shape index (κ3) is 2.91. The molecule has 5 rings (SSSR count). The normalized spacial score (nSPS) is 42.4. The Labute approximate surface area is 180 Å². The SMILES string of the molecule is C=C1C[C@@]23CC[C@H]4[C@@](C)(CCC[C@@]4(C)C(=O)OCc4ccc(F)cc4)[C@@H]2CC[C@@H]1C3. The van der Waals surface area contributed by atoms with Crippen LogP contribution in [0.4, 0.5) is 4.39 Å². The number of fused-ring (bicyclic) bond motifs is 3. The van der Waals surface area contributed by atoms with E-state index in [2.05, 4.69) is 20.4 Å². The summed E-state index contributed by atoms with van der Waals surface area (Å²) in [5.41, 5.74) is 2.59. The minimum absolute atomic E-state index is 0.0526. The molecule has 2 nitrogen and oxygen atoms in total. The summed E-state index contributed by atoms with van der Waals surface area (Å²) in [6.45, 7) is 9.32. The largest absolute Gasteiger partial charge is 0.460 e. The molecule has 4 fully saturated rings. The minimum Gasteiger partial charge on any atom is -0.460 e. The van der Waals surface area contributed by atoms with Crippen LogP contribution in [-0.4, -0.2) is 5.97 Å². The van der Waals surface area contributed by atoms with Gasteiger partial charge in [-0.25, -0.2) is 4.39 Å². The molecule has 162 valence electrons. The first-order chi connectivity index (χ1) is 14.3. The summed E-state index contributed by atoms with van der Waals surface area (Å²) < 4.78 is 19.0. The Morgan fingerprint density at radius 1 is 1.10 bits per heavy atom. The van der Waals surface area contributed by atoms with Gasteiger partial charge in [0.25, 0.3) is 0 Å². The van der Waals surface area contributed by atoms with Crippen LogP contribution < -0.4 is 0 Å². The molecule has 4 aliphatic carbocycles. The molecule has 6 atom stereocenters. The third-order valence-electron chi connectivity index (χ3n) is 9.81. The lowest BCUT2D eigenvalue weighted by Gasteiger charge is -2.63. The fraction of sp³-hybridized carbons (Fsp3) is 0.667. The highest BCUT2D eigenvalue weighted by atomic mass is 19.1. The Morgan fingerprint density at radius 2 is 1.87 bits per heavy atom. The number of hydrogen-bond donors (Lipinski definition) is 0. The Balaban J connectivity index is 1.37. The number of benzene rings is 1. The molecule has 1 aromatic rings. The number of allylic oxidation sites excluding steroid dienone is 1. The average molecular weight is 411 g/mol. The zero-order valence-corrected chi connectivity index (χ0v) is 18.5. The second-order valence-electron chi connectivity index (χ2n) is 11.3. The summed E-state index contributed by atoms with van der Waals surface area (Å²) in [6.07, 6.45) is 10.8. The fourth-order valence-corrected chi connectivity index (χ4v) is 8.49. The second kappa shape index (κ2) is 6.93. The first-order valence-electron chi connectivity index (χ1n) is 11.9. The monoisotopic (exact) mass is 410 g/mol. The summed E-state index contributed by atoms with van der Waals surface area (Å²) in [5, 5.41) is 0. The average Bonchev–Trinajstić information content (AvgIpc) is 2.95. The van der Waals surface area contributed by atoms with Crippen molar-refractivity contribution in [3.63, 3.8) is 0 Å². The Hall–Kier alpha value is -1.64. The highest BCUT2D eigenvalue weighted by Gasteiger charge is 2.65. The quantitative estimate of drug-likeness (QED) is 0.403. The van der Waals surface area contributed by atoms with E-state index < -0.39 is 5.41 Å². The molecule has 4 saturated carbocycles. The van der Waals surface area contributed by atoms with Crippen LogP contribution >= 0.6 is 0 Å². The van der Waals surface area contributed by atoms with E-state index in [1.54, 1.807) is 12.1 Å². The lowest BCUT2D eigenvalue weighted by atomic mass is 9.41. The lowest BCUT2D eigenvalue weighted by molar-refractivity contribution is -0.187. The molecular weight excluding hydrogens is 375 g/mol. The molecule has 0 radical (unpaired) electrons. The van der Waals surface area contributed by atoms with Gasteiger partial charge in [0.05, 0.1) is 5.41 Å².